The van der Waals surface area contributed by atoms with Gasteiger partial charge in [0, 0.05) is 29.4 Å². The molecule has 0 saturated carbocycles. The van der Waals surface area contributed by atoms with E-state index in [1.807, 2.05) is 5.51 Å². The highest BCUT2D eigenvalue weighted by Crippen LogP contribution is 2.53. The normalized spacial score (nSPS) is 14.7. The van der Waals surface area contributed by atoms with Crippen molar-refractivity contribution in [3.63, 3.8) is 0 Å². The van der Waals surface area contributed by atoms with Gasteiger partial charge >= 0.3 is 0 Å². The molecule has 2 aliphatic rings. The topological polar surface area (TPSA) is 20.0 Å². The summed E-state index contributed by atoms with van der Waals surface area (Å²) in [5.41, 5.74) is 11.3. The maximum Gasteiger partial charge on any atom is 0.242 e. The number of nitrogens with zero attached hydrogens (tertiary/aromatic N) is 3. The van der Waals surface area contributed by atoms with Crippen LogP contribution in [0, 0.1) is 0 Å². The van der Waals surface area contributed by atoms with Crippen LogP contribution in [0.25, 0.3) is 32.2 Å². The lowest BCUT2D eigenvalue weighted by Gasteiger charge is -2.29. The van der Waals surface area contributed by atoms with Gasteiger partial charge < -0.3 is 4.90 Å². The minimum absolute atomic E-state index is 1.07. The SMILES string of the molecule is C[n+]1ccc2c3c4c(c5scnc5c31)CCN4c1ccccc1-2. The molecule has 4 heteroatoms. The van der Waals surface area contributed by atoms with Gasteiger partial charge in [-0.1, -0.05) is 18.2 Å². The Hall–Kier alpha value is -2.46. The van der Waals surface area contributed by atoms with Gasteiger partial charge in [0.15, 0.2) is 11.7 Å². The molecule has 0 amide bonds. The molecule has 110 valence electrons. The van der Waals surface area contributed by atoms with E-state index in [-0.39, 0.29) is 0 Å². The molecule has 0 spiro atoms. The quantitative estimate of drug-likeness (QED) is 0.458. The van der Waals surface area contributed by atoms with Gasteiger partial charge in [0.05, 0.1) is 21.3 Å². The second-order valence-corrected chi connectivity index (χ2v) is 7.19. The first-order valence-electron chi connectivity index (χ1n) is 7.92. The average molecular weight is 316 g/mol. The lowest BCUT2D eigenvalue weighted by atomic mass is 9.92. The molecule has 4 aromatic rings. The third-order valence-electron chi connectivity index (χ3n) is 5.25. The summed E-state index contributed by atoms with van der Waals surface area (Å²) in [7, 11) is 2.13. The monoisotopic (exact) mass is 316 g/mol. The molecule has 23 heavy (non-hydrogen) atoms. The highest BCUT2D eigenvalue weighted by molar-refractivity contribution is 7.17. The van der Waals surface area contributed by atoms with Crippen LogP contribution in [0.4, 0.5) is 11.4 Å². The van der Waals surface area contributed by atoms with E-state index in [1.54, 1.807) is 11.3 Å². The Morgan fingerprint density at radius 3 is 3.04 bits per heavy atom. The van der Waals surface area contributed by atoms with E-state index in [4.69, 9.17) is 4.98 Å². The van der Waals surface area contributed by atoms with Crippen LogP contribution in [0.2, 0.25) is 0 Å². The average Bonchev–Trinajstić information content (AvgIpc) is 3.22. The number of hydrogen-bond donors (Lipinski definition) is 0. The van der Waals surface area contributed by atoms with Crippen molar-refractivity contribution in [2.45, 2.75) is 6.42 Å². The van der Waals surface area contributed by atoms with E-state index in [2.05, 4.69) is 53.0 Å². The predicted molar refractivity (Wildman–Crippen MR) is 94.4 cm³/mol. The number of para-hydroxylation sites is 1. The molecule has 0 bridgehead atoms. The highest BCUT2D eigenvalue weighted by atomic mass is 32.1. The molecular formula is C19H14N3S+. The zero-order valence-electron chi connectivity index (χ0n) is 12.7. The summed E-state index contributed by atoms with van der Waals surface area (Å²) in [6.07, 6.45) is 3.28. The molecular weight excluding hydrogens is 302 g/mol. The third kappa shape index (κ3) is 1.28. The van der Waals surface area contributed by atoms with Gasteiger partial charge in [-0.3, -0.25) is 0 Å². The van der Waals surface area contributed by atoms with E-state index in [0.29, 0.717) is 0 Å². The van der Waals surface area contributed by atoms with Crippen molar-refractivity contribution in [3.8, 4) is 11.1 Å². The molecule has 4 heterocycles. The van der Waals surface area contributed by atoms with Gasteiger partial charge in [0.1, 0.15) is 7.05 Å². The third-order valence-corrected chi connectivity index (χ3v) is 6.14. The maximum atomic E-state index is 4.71. The molecule has 0 radical (unpaired) electrons. The van der Waals surface area contributed by atoms with Gasteiger partial charge in [-0.05, 0) is 18.1 Å². The predicted octanol–water partition coefficient (Wildman–Crippen LogP) is 3.95. The summed E-state index contributed by atoms with van der Waals surface area (Å²) < 4.78 is 3.59. The first kappa shape index (κ1) is 12.0. The Morgan fingerprint density at radius 2 is 2.09 bits per heavy atom. The molecule has 2 aromatic carbocycles. The lowest BCUT2D eigenvalue weighted by molar-refractivity contribution is -0.644. The van der Waals surface area contributed by atoms with Crippen LogP contribution in [0.1, 0.15) is 5.56 Å². The number of benzene rings is 2. The number of anilines is 2. The Morgan fingerprint density at radius 1 is 1.17 bits per heavy atom. The highest BCUT2D eigenvalue weighted by Gasteiger charge is 2.36. The van der Waals surface area contributed by atoms with Crippen molar-refractivity contribution in [3.05, 3.63) is 47.6 Å². The number of pyridine rings is 1. The van der Waals surface area contributed by atoms with E-state index < -0.39 is 0 Å². The molecule has 0 atom stereocenters. The summed E-state index contributed by atoms with van der Waals surface area (Å²) in [6, 6.07) is 11.0. The van der Waals surface area contributed by atoms with Crippen molar-refractivity contribution in [2.24, 2.45) is 7.05 Å². The summed E-state index contributed by atoms with van der Waals surface area (Å²) in [6.45, 7) is 1.07. The van der Waals surface area contributed by atoms with Crippen LogP contribution >= 0.6 is 11.3 Å². The second kappa shape index (κ2) is 3.89. The summed E-state index contributed by atoms with van der Waals surface area (Å²) in [5.74, 6) is 0. The molecule has 3 nitrogen and oxygen atoms in total. The maximum absolute atomic E-state index is 4.71. The second-order valence-electron chi connectivity index (χ2n) is 6.34. The lowest BCUT2D eigenvalue weighted by Crippen LogP contribution is -2.30. The van der Waals surface area contributed by atoms with Crippen molar-refractivity contribution in [2.75, 3.05) is 11.4 Å². The zero-order chi connectivity index (χ0) is 15.1. The number of aryl methyl sites for hydroxylation is 1. The molecule has 0 saturated heterocycles. The number of thiazole rings is 1. The molecule has 0 N–H and O–H groups in total. The zero-order valence-corrected chi connectivity index (χ0v) is 13.5. The molecule has 0 aliphatic carbocycles. The first-order valence-corrected chi connectivity index (χ1v) is 8.80. The van der Waals surface area contributed by atoms with Crippen molar-refractivity contribution >= 4 is 43.8 Å². The molecule has 6 rings (SSSR count). The smallest absolute Gasteiger partial charge is 0.242 e. The number of rotatable bonds is 0. The van der Waals surface area contributed by atoms with E-state index >= 15 is 0 Å². The van der Waals surface area contributed by atoms with Crippen LogP contribution in [0.5, 0.6) is 0 Å². The van der Waals surface area contributed by atoms with Crippen LogP contribution < -0.4 is 9.47 Å². The van der Waals surface area contributed by atoms with Gasteiger partial charge in [-0.2, -0.15) is 4.57 Å². The van der Waals surface area contributed by atoms with Gasteiger partial charge in [-0.15, -0.1) is 11.3 Å². The number of aromatic nitrogens is 2. The van der Waals surface area contributed by atoms with Gasteiger partial charge in [-0.25, -0.2) is 4.98 Å². The molecule has 0 unspecified atom stereocenters. The summed E-state index contributed by atoms with van der Waals surface area (Å²) in [5, 5.41) is 1.37. The number of hydrogen-bond acceptors (Lipinski definition) is 3. The van der Waals surface area contributed by atoms with Gasteiger partial charge in [0.25, 0.3) is 0 Å². The first-order chi connectivity index (χ1) is 11.3. The van der Waals surface area contributed by atoms with Crippen molar-refractivity contribution in [1.82, 2.24) is 4.98 Å². The van der Waals surface area contributed by atoms with E-state index in [0.717, 1.165) is 18.5 Å². The molecule has 0 fully saturated rings. The fraction of sp³-hybridized carbons (Fsp3) is 0.158. The molecule has 2 aromatic heterocycles. The van der Waals surface area contributed by atoms with Crippen LogP contribution in [-0.4, -0.2) is 11.5 Å². The Kier molecular flexibility index (Phi) is 2.03. The molecule has 2 aliphatic heterocycles. The number of fused-ring (bicyclic) bond motifs is 6. The Bertz CT molecular complexity index is 1140. The summed E-state index contributed by atoms with van der Waals surface area (Å²) in [4.78, 5) is 7.22. The van der Waals surface area contributed by atoms with Crippen LogP contribution in [0.15, 0.2) is 42.0 Å². The van der Waals surface area contributed by atoms with Crippen LogP contribution in [-0.2, 0) is 13.5 Å². The Balaban J connectivity index is 1.97. The Labute approximate surface area is 137 Å². The minimum Gasteiger partial charge on any atom is -0.340 e. The fourth-order valence-corrected chi connectivity index (χ4v) is 5.19. The minimum atomic E-state index is 1.07. The van der Waals surface area contributed by atoms with Gasteiger partial charge in [0.2, 0.25) is 5.52 Å². The summed E-state index contributed by atoms with van der Waals surface area (Å²) >= 11 is 1.78. The van der Waals surface area contributed by atoms with E-state index in [9.17, 15) is 0 Å². The fourth-order valence-electron chi connectivity index (χ4n) is 4.33. The van der Waals surface area contributed by atoms with E-state index in [1.165, 1.54) is 43.7 Å². The standard InChI is InChI=1S/C19H14N3S/c1-21-8-6-12-11-4-2-3-5-14(11)22-9-7-13-17(22)15(12)18(21)16-19(13)23-10-20-16/h2-6,8,10H,7,9H2,1H3/q+1. The largest absolute Gasteiger partial charge is 0.340 e. The van der Waals surface area contributed by atoms with Crippen molar-refractivity contribution in [1.29, 1.82) is 0 Å². The van der Waals surface area contributed by atoms with Crippen LogP contribution in [0.3, 0.4) is 0 Å². The van der Waals surface area contributed by atoms with Crippen molar-refractivity contribution < 1.29 is 4.57 Å².